The Kier molecular flexibility index (Phi) is 10.4. The Morgan fingerprint density at radius 1 is 0.853 bits per heavy atom. The predicted molar refractivity (Wildman–Crippen MR) is 141 cm³/mol. The number of carbonyl (C=O) groups is 2. The number of carbonyl (C=O) groups excluding carboxylic acids is 1. The molecule has 1 aromatic heterocycles. The van der Waals surface area contributed by atoms with Crippen LogP contribution in [0.4, 0.5) is 5.69 Å². The van der Waals surface area contributed by atoms with Gasteiger partial charge >= 0.3 is 5.97 Å². The molecule has 0 fully saturated rings. The third-order valence-corrected chi connectivity index (χ3v) is 7.06. The molecular weight excluding hydrogens is 446 g/mol. The van der Waals surface area contributed by atoms with Gasteiger partial charge in [0.25, 0.3) is 5.91 Å². The van der Waals surface area contributed by atoms with Crippen molar-refractivity contribution < 1.29 is 19.4 Å². The standard InChI is InChI=1S/C28H35NO4S/c1-2-3-4-5-6-7-8-9-10-15-20-33-25-22-17-12-14-19-24(22)34-26(25)27(30)29-23-18-13-11-16-21(23)28(31)32/h11-14,16-19H,2-10,15,20H2,1H3,(H,29,30)(H,31,32). The van der Waals surface area contributed by atoms with E-state index in [0.717, 1.165) is 22.9 Å². The van der Waals surface area contributed by atoms with Crippen molar-refractivity contribution in [2.24, 2.45) is 0 Å². The lowest BCUT2D eigenvalue weighted by Crippen LogP contribution is -2.14. The van der Waals surface area contributed by atoms with Gasteiger partial charge in [0, 0.05) is 10.1 Å². The molecule has 6 heteroatoms. The molecule has 0 saturated carbocycles. The van der Waals surface area contributed by atoms with Crippen LogP contribution in [-0.4, -0.2) is 23.6 Å². The van der Waals surface area contributed by atoms with Crippen molar-refractivity contribution in [3.8, 4) is 5.75 Å². The van der Waals surface area contributed by atoms with Crippen LogP contribution in [0.3, 0.4) is 0 Å². The number of aromatic carboxylic acids is 1. The first kappa shape index (κ1) is 25.8. The number of nitrogens with one attached hydrogen (secondary N) is 1. The van der Waals surface area contributed by atoms with Gasteiger partial charge in [-0.05, 0) is 30.7 Å². The second-order valence-corrected chi connectivity index (χ2v) is 9.64. The fraction of sp³-hybridized carbons (Fsp3) is 0.429. The van der Waals surface area contributed by atoms with Gasteiger partial charge in [-0.25, -0.2) is 4.79 Å². The first-order chi connectivity index (χ1) is 16.6. The fourth-order valence-corrected chi connectivity index (χ4v) is 5.08. The summed E-state index contributed by atoms with van der Waals surface area (Å²) in [5.41, 5.74) is 0.336. The molecule has 34 heavy (non-hydrogen) atoms. The van der Waals surface area contributed by atoms with E-state index in [1.807, 2.05) is 24.3 Å². The number of ether oxygens (including phenoxy) is 1. The summed E-state index contributed by atoms with van der Waals surface area (Å²) in [6, 6.07) is 14.2. The number of para-hydroxylation sites is 1. The maximum Gasteiger partial charge on any atom is 0.337 e. The number of rotatable bonds is 15. The lowest BCUT2D eigenvalue weighted by Gasteiger charge is -2.10. The lowest BCUT2D eigenvalue weighted by atomic mass is 10.1. The number of unbranched alkanes of at least 4 members (excludes halogenated alkanes) is 9. The summed E-state index contributed by atoms with van der Waals surface area (Å²) in [5.74, 6) is -0.848. The average Bonchev–Trinajstić information content (AvgIpc) is 3.21. The van der Waals surface area contributed by atoms with E-state index in [9.17, 15) is 14.7 Å². The van der Waals surface area contributed by atoms with Crippen molar-refractivity contribution in [2.75, 3.05) is 11.9 Å². The molecule has 5 nitrogen and oxygen atoms in total. The van der Waals surface area contributed by atoms with Crippen molar-refractivity contribution in [1.29, 1.82) is 0 Å². The monoisotopic (exact) mass is 481 g/mol. The molecule has 2 N–H and O–H groups in total. The summed E-state index contributed by atoms with van der Waals surface area (Å²) in [6.45, 7) is 2.80. The maximum atomic E-state index is 13.1. The number of carboxylic acids is 1. The Morgan fingerprint density at radius 2 is 1.47 bits per heavy atom. The van der Waals surface area contributed by atoms with Gasteiger partial charge in [-0.2, -0.15) is 0 Å². The van der Waals surface area contributed by atoms with Crippen LogP contribution in [0, 0.1) is 0 Å². The Balaban J connectivity index is 1.56. The number of benzene rings is 2. The van der Waals surface area contributed by atoms with Gasteiger partial charge < -0.3 is 15.2 Å². The largest absolute Gasteiger partial charge is 0.491 e. The topological polar surface area (TPSA) is 75.6 Å². The number of fused-ring (bicyclic) bond motifs is 1. The molecule has 2 aromatic carbocycles. The molecule has 0 atom stereocenters. The zero-order valence-electron chi connectivity index (χ0n) is 20.0. The number of amides is 1. The Labute approximate surface area is 206 Å². The normalized spacial score (nSPS) is 11.0. The number of anilines is 1. The van der Waals surface area contributed by atoms with Crippen LogP contribution < -0.4 is 10.1 Å². The number of thiophene rings is 1. The summed E-state index contributed by atoms with van der Waals surface area (Å²) < 4.78 is 7.10. The third kappa shape index (κ3) is 7.32. The van der Waals surface area contributed by atoms with Crippen LogP contribution in [0.5, 0.6) is 5.75 Å². The molecule has 0 aliphatic heterocycles. The van der Waals surface area contributed by atoms with Crippen LogP contribution in [0.25, 0.3) is 10.1 Å². The highest BCUT2D eigenvalue weighted by Gasteiger charge is 2.21. The van der Waals surface area contributed by atoms with Gasteiger partial charge in [-0.3, -0.25) is 4.79 Å². The third-order valence-electron chi connectivity index (χ3n) is 5.91. The van der Waals surface area contributed by atoms with Crippen molar-refractivity contribution in [3.63, 3.8) is 0 Å². The van der Waals surface area contributed by atoms with Crippen LogP contribution in [-0.2, 0) is 0 Å². The highest BCUT2D eigenvalue weighted by atomic mass is 32.1. The van der Waals surface area contributed by atoms with Gasteiger partial charge in [0.1, 0.15) is 4.88 Å². The van der Waals surface area contributed by atoms with Gasteiger partial charge in [0.05, 0.1) is 17.9 Å². The molecule has 1 amide bonds. The van der Waals surface area contributed by atoms with Gasteiger partial charge in [-0.1, -0.05) is 89.0 Å². The summed E-state index contributed by atoms with van der Waals surface area (Å²) in [5, 5.41) is 13.1. The first-order valence-corrected chi connectivity index (χ1v) is 13.2. The molecule has 3 aromatic rings. The van der Waals surface area contributed by atoms with Crippen molar-refractivity contribution >= 4 is 39.0 Å². The summed E-state index contributed by atoms with van der Waals surface area (Å²) in [4.78, 5) is 25.1. The van der Waals surface area contributed by atoms with E-state index >= 15 is 0 Å². The lowest BCUT2D eigenvalue weighted by molar-refractivity contribution is 0.0698. The van der Waals surface area contributed by atoms with Crippen molar-refractivity contribution in [3.05, 3.63) is 59.0 Å². The second kappa shape index (κ2) is 13.8. The minimum atomic E-state index is -1.08. The molecule has 1 heterocycles. The molecule has 0 bridgehead atoms. The second-order valence-electron chi connectivity index (χ2n) is 8.59. The highest BCUT2D eigenvalue weighted by Crippen LogP contribution is 2.38. The van der Waals surface area contributed by atoms with Crippen LogP contribution in [0.2, 0.25) is 0 Å². The fourth-order valence-electron chi connectivity index (χ4n) is 4.04. The molecular formula is C28H35NO4S. The molecule has 0 unspecified atom stereocenters. The molecule has 0 radical (unpaired) electrons. The van der Waals surface area contributed by atoms with Crippen molar-refractivity contribution in [2.45, 2.75) is 71.1 Å². The summed E-state index contributed by atoms with van der Waals surface area (Å²) >= 11 is 1.36. The molecule has 3 rings (SSSR count). The van der Waals surface area contributed by atoms with Gasteiger partial charge in [0.2, 0.25) is 0 Å². The maximum absolute atomic E-state index is 13.1. The Bertz CT molecular complexity index is 1080. The average molecular weight is 482 g/mol. The molecule has 0 spiro atoms. The highest BCUT2D eigenvalue weighted by molar-refractivity contribution is 7.21. The van der Waals surface area contributed by atoms with Crippen molar-refractivity contribution in [1.82, 2.24) is 0 Å². The zero-order chi connectivity index (χ0) is 24.2. The van der Waals surface area contributed by atoms with Crippen LogP contribution in [0.1, 0.15) is 91.2 Å². The summed E-state index contributed by atoms with van der Waals surface area (Å²) in [7, 11) is 0. The zero-order valence-corrected chi connectivity index (χ0v) is 20.8. The smallest absolute Gasteiger partial charge is 0.337 e. The van der Waals surface area contributed by atoms with Crippen LogP contribution >= 0.6 is 11.3 Å². The number of hydrogen-bond acceptors (Lipinski definition) is 4. The van der Waals surface area contributed by atoms with Gasteiger partial charge in [-0.15, -0.1) is 11.3 Å². The Morgan fingerprint density at radius 3 is 2.18 bits per heavy atom. The number of carboxylic acid groups (broad SMARTS) is 1. The first-order valence-electron chi connectivity index (χ1n) is 12.4. The quantitative estimate of drug-likeness (QED) is 0.215. The van der Waals surface area contributed by atoms with E-state index in [-0.39, 0.29) is 17.2 Å². The van der Waals surface area contributed by atoms with Crippen LogP contribution in [0.15, 0.2) is 48.5 Å². The number of hydrogen-bond donors (Lipinski definition) is 2. The van der Waals surface area contributed by atoms with E-state index in [1.54, 1.807) is 18.2 Å². The molecule has 0 aliphatic rings. The van der Waals surface area contributed by atoms with E-state index in [2.05, 4.69) is 12.2 Å². The van der Waals surface area contributed by atoms with Gasteiger partial charge in [0.15, 0.2) is 5.75 Å². The van der Waals surface area contributed by atoms with E-state index in [1.165, 1.54) is 68.8 Å². The Hall–Kier alpha value is -2.86. The summed E-state index contributed by atoms with van der Waals surface area (Å²) in [6.07, 6.45) is 12.5. The van der Waals surface area contributed by atoms with E-state index < -0.39 is 5.97 Å². The van der Waals surface area contributed by atoms with E-state index in [4.69, 9.17) is 4.74 Å². The SMILES string of the molecule is CCCCCCCCCCCCOc1c(C(=O)Nc2ccccc2C(=O)O)sc2ccccc12. The molecule has 182 valence electrons. The van der Waals surface area contributed by atoms with E-state index in [0.29, 0.717) is 17.2 Å². The minimum Gasteiger partial charge on any atom is -0.491 e. The molecule has 0 aliphatic carbocycles. The minimum absolute atomic E-state index is 0.0600. The molecule has 0 saturated heterocycles. The predicted octanol–water partition coefficient (Wildman–Crippen LogP) is 8.15.